The highest BCUT2D eigenvalue weighted by Gasteiger charge is 2.22. The first-order valence-corrected chi connectivity index (χ1v) is 11.8. The molecular weight excluding hydrogens is 514 g/mol. The van der Waals surface area contributed by atoms with Gasteiger partial charge in [-0.3, -0.25) is 9.48 Å². The van der Waals surface area contributed by atoms with Gasteiger partial charge in [0.05, 0.1) is 28.9 Å². The maximum Gasteiger partial charge on any atom is 0.343 e. The first-order valence-electron chi connectivity index (χ1n) is 11.0. The van der Waals surface area contributed by atoms with E-state index in [1.807, 2.05) is 13.0 Å². The first-order chi connectivity index (χ1) is 17.0. The molecule has 0 saturated heterocycles. The average Bonchev–Trinajstić information content (AvgIpc) is 3.32. The monoisotopic (exact) mass is 533 g/mol. The Morgan fingerprint density at radius 2 is 1.97 bits per heavy atom. The molecule has 176 valence electrons. The van der Waals surface area contributed by atoms with Gasteiger partial charge in [-0.1, -0.05) is 18.2 Å². The van der Waals surface area contributed by atoms with E-state index in [4.69, 9.17) is 9.47 Å². The van der Waals surface area contributed by atoms with Crippen LogP contribution in [-0.4, -0.2) is 44.8 Å². The van der Waals surface area contributed by atoms with E-state index in [1.165, 1.54) is 0 Å². The van der Waals surface area contributed by atoms with Crippen LogP contribution in [0.1, 0.15) is 27.8 Å². The Morgan fingerprint density at radius 3 is 2.74 bits per heavy atom. The van der Waals surface area contributed by atoms with E-state index in [0.717, 1.165) is 0 Å². The lowest BCUT2D eigenvalue weighted by Crippen LogP contribution is -2.35. The Hall–Kier alpha value is -4.05. The van der Waals surface area contributed by atoms with Crippen LogP contribution in [0.5, 0.6) is 11.5 Å². The van der Waals surface area contributed by atoms with E-state index in [-0.39, 0.29) is 11.7 Å². The van der Waals surface area contributed by atoms with Gasteiger partial charge >= 0.3 is 5.97 Å². The molecule has 10 heteroatoms. The second kappa shape index (κ2) is 9.67. The van der Waals surface area contributed by atoms with Crippen LogP contribution in [0.4, 0.5) is 0 Å². The number of halogens is 1. The predicted molar refractivity (Wildman–Crippen MR) is 131 cm³/mol. The van der Waals surface area contributed by atoms with Gasteiger partial charge in [0, 0.05) is 18.3 Å². The second-order valence-electron chi connectivity index (χ2n) is 7.63. The van der Waals surface area contributed by atoms with Crippen molar-refractivity contribution >= 4 is 27.8 Å². The summed E-state index contributed by atoms with van der Waals surface area (Å²) in [5.41, 5.74) is 2.75. The fourth-order valence-electron chi connectivity index (χ4n) is 3.69. The molecule has 9 nitrogen and oxygen atoms in total. The average molecular weight is 534 g/mol. The zero-order valence-electron chi connectivity index (χ0n) is 18.7. The normalized spacial score (nSPS) is 12.6. The van der Waals surface area contributed by atoms with E-state index < -0.39 is 5.97 Å². The molecule has 4 aromatic rings. The maximum atomic E-state index is 12.6. The molecule has 0 atom stereocenters. The molecule has 5 rings (SSSR count). The van der Waals surface area contributed by atoms with Crippen molar-refractivity contribution in [3.8, 4) is 34.3 Å². The predicted octanol–water partition coefficient (Wildman–Crippen LogP) is 4.13. The standard InChI is InChI=1S/C25H20BrN5O4/c1-2-34-21-13-16(12-17(26)22(21)35-25(33)15-6-4-3-5-7-15)23-27-9-8-18(29-23)19-14-20-24(32)28-10-11-31(20)30-19/h3-9,12-14H,2,10-11H2,1H3,(H,28,32). The molecule has 3 heterocycles. The number of amides is 1. The van der Waals surface area contributed by atoms with Gasteiger partial charge in [0.1, 0.15) is 11.4 Å². The Morgan fingerprint density at radius 1 is 1.14 bits per heavy atom. The molecule has 0 aliphatic carbocycles. The highest BCUT2D eigenvalue weighted by Crippen LogP contribution is 2.40. The minimum absolute atomic E-state index is 0.157. The van der Waals surface area contributed by atoms with Crippen molar-refractivity contribution < 1.29 is 19.1 Å². The fraction of sp³-hybridized carbons (Fsp3) is 0.160. The molecule has 1 aliphatic rings. The van der Waals surface area contributed by atoms with Gasteiger partial charge in [-0.25, -0.2) is 14.8 Å². The summed E-state index contributed by atoms with van der Waals surface area (Å²) in [5, 5.41) is 7.33. The van der Waals surface area contributed by atoms with Crippen molar-refractivity contribution in [2.75, 3.05) is 13.2 Å². The Labute approximate surface area is 209 Å². The van der Waals surface area contributed by atoms with Crippen LogP contribution in [0.15, 0.2) is 65.3 Å². The van der Waals surface area contributed by atoms with E-state index >= 15 is 0 Å². The SMILES string of the molecule is CCOc1cc(-c2nccc(-c3cc4n(n3)CCNC4=O)n2)cc(Br)c1OC(=O)c1ccccc1. The molecule has 0 fully saturated rings. The third-order valence-electron chi connectivity index (χ3n) is 5.31. The summed E-state index contributed by atoms with van der Waals surface area (Å²) in [5.74, 6) is 0.430. The van der Waals surface area contributed by atoms with Crippen LogP contribution in [-0.2, 0) is 6.54 Å². The molecule has 0 radical (unpaired) electrons. The van der Waals surface area contributed by atoms with Crippen molar-refractivity contribution in [3.63, 3.8) is 0 Å². The van der Waals surface area contributed by atoms with Gasteiger partial charge in [-0.2, -0.15) is 5.10 Å². The number of aromatic nitrogens is 4. The molecule has 2 aromatic carbocycles. The van der Waals surface area contributed by atoms with Gasteiger partial charge in [0.25, 0.3) is 5.91 Å². The van der Waals surface area contributed by atoms with Gasteiger partial charge in [-0.05, 0) is 59.3 Å². The summed E-state index contributed by atoms with van der Waals surface area (Å²) in [6.07, 6.45) is 1.63. The van der Waals surface area contributed by atoms with Crippen LogP contribution in [0.25, 0.3) is 22.8 Å². The quantitative estimate of drug-likeness (QED) is 0.293. The molecule has 0 unspecified atom stereocenters. The third kappa shape index (κ3) is 4.65. The lowest BCUT2D eigenvalue weighted by Gasteiger charge is -2.14. The molecule has 0 saturated carbocycles. The molecule has 0 bridgehead atoms. The zero-order chi connectivity index (χ0) is 24.4. The molecule has 2 aromatic heterocycles. The summed E-state index contributed by atoms with van der Waals surface area (Å²) in [7, 11) is 0. The first kappa shape index (κ1) is 22.7. The van der Waals surface area contributed by atoms with Crippen molar-refractivity contribution in [3.05, 3.63) is 76.5 Å². The second-order valence-corrected chi connectivity index (χ2v) is 8.49. The van der Waals surface area contributed by atoms with Gasteiger partial charge in [0.15, 0.2) is 17.3 Å². The lowest BCUT2D eigenvalue weighted by atomic mass is 10.1. The number of carbonyl (C=O) groups is 2. The van der Waals surface area contributed by atoms with Crippen LogP contribution in [0, 0.1) is 0 Å². The van der Waals surface area contributed by atoms with Gasteiger partial charge < -0.3 is 14.8 Å². The molecule has 0 spiro atoms. The summed E-state index contributed by atoms with van der Waals surface area (Å²) < 4.78 is 13.6. The number of rotatable bonds is 6. The summed E-state index contributed by atoms with van der Waals surface area (Å²) in [6.45, 7) is 3.36. The molecular formula is C25H20BrN5O4. The van der Waals surface area contributed by atoms with Crippen LogP contribution < -0.4 is 14.8 Å². The van der Waals surface area contributed by atoms with E-state index in [9.17, 15) is 9.59 Å². The zero-order valence-corrected chi connectivity index (χ0v) is 20.3. The number of benzene rings is 2. The van der Waals surface area contributed by atoms with Crippen LogP contribution in [0.2, 0.25) is 0 Å². The van der Waals surface area contributed by atoms with Crippen molar-refractivity contribution in [2.24, 2.45) is 0 Å². The van der Waals surface area contributed by atoms with E-state index in [2.05, 4.69) is 36.3 Å². The minimum atomic E-state index is -0.494. The summed E-state index contributed by atoms with van der Waals surface area (Å²) in [4.78, 5) is 33.8. The highest BCUT2D eigenvalue weighted by molar-refractivity contribution is 9.10. The summed E-state index contributed by atoms with van der Waals surface area (Å²) >= 11 is 3.50. The molecule has 1 amide bonds. The smallest absolute Gasteiger partial charge is 0.343 e. The number of nitrogens with zero attached hydrogens (tertiary/aromatic N) is 4. The number of fused-ring (bicyclic) bond motifs is 1. The van der Waals surface area contributed by atoms with Crippen molar-refractivity contribution in [1.29, 1.82) is 0 Å². The number of esters is 1. The molecule has 1 aliphatic heterocycles. The summed E-state index contributed by atoms with van der Waals surface area (Å²) in [6, 6.07) is 15.7. The topological polar surface area (TPSA) is 108 Å². The van der Waals surface area contributed by atoms with Gasteiger partial charge in [0.2, 0.25) is 0 Å². The Kier molecular flexibility index (Phi) is 6.28. The number of ether oxygens (including phenoxy) is 2. The number of nitrogens with one attached hydrogen (secondary N) is 1. The minimum Gasteiger partial charge on any atom is -0.490 e. The number of hydrogen-bond acceptors (Lipinski definition) is 7. The Bertz CT molecular complexity index is 1420. The van der Waals surface area contributed by atoms with Crippen molar-refractivity contribution in [2.45, 2.75) is 13.5 Å². The van der Waals surface area contributed by atoms with Gasteiger partial charge in [-0.15, -0.1) is 0 Å². The maximum absolute atomic E-state index is 12.6. The highest BCUT2D eigenvalue weighted by atomic mass is 79.9. The number of carbonyl (C=O) groups excluding carboxylic acids is 2. The lowest BCUT2D eigenvalue weighted by molar-refractivity contribution is 0.0726. The van der Waals surface area contributed by atoms with E-state index in [0.29, 0.717) is 64.0 Å². The number of hydrogen-bond donors (Lipinski definition) is 1. The fourth-order valence-corrected chi connectivity index (χ4v) is 4.21. The van der Waals surface area contributed by atoms with Crippen LogP contribution in [0.3, 0.4) is 0 Å². The Balaban J connectivity index is 1.49. The molecule has 35 heavy (non-hydrogen) atoms. The van der Waals surface area contributed by atoms with Crippen molar-refractivity contribution in [1.82, 2.24) is 25.1 Å². The molecule has 1 N–H and O–H groups in total. The third-order valence-corrected chi connectivity index (χ3v) is 5.90. The van der Waals surface area contributed by atoms with Crippen LogP contribution >= 0.6 is 15.9 Å². The largest absolute Gasteiger partial charge is 0.490 e. The van der Waals surface area contributed by atoms with E-state index in [1.54, 1.807) is 59.4 Å².